The standard InChI is InChI=1S/C67H112O12/c1-4-7-10-13-16-19-22-25-27-29-30-32-33-36-38-41-44-47-50-53-59(68)75-56-58(77-60(69)54-51-48-45-42-39-35-24-21-18-15-12-9-6-3)57-76-67-65(63(72)62(71)64(79-67)66(73)74)78-61(70)55-52-49-46-43-40-37-34-31-28-26-23-20-17-14-11-8-5-2/h8-9,11-12,17-18,20-21,26,28,34-35,37,39,58,62-65,67,71-72H,4-7,10,13-16,19,22-25,27,29-33,36,38,40-57H2,1-3H3,(H,73,74)/b11-8-,12-9-,20-17-,21-18-,28-26-,37-34-,39-35-. The smallest absolute Gasteiger partial charge is 0.335 e. The molecular formula is C67H112O12. The van der Waals surface area contributed by atoms with E-state index in [4.69, 9.17) is 23.7 Å². The molecule has 79 heavy (non-hydrogen) atoms. The third-order valence-electron chi connectivity index (χ3n) is 14.0. The van der Waals surface area contributed by atoms with Crippen LogP contribution in [-0.2, 0) is 42.9 Å². The summed E-state index contributed by atoms with van der Waals surface area (Å²) in [5.41, 5.74) is 0. The van der Waals surface area contributed by atoms with Crippen molar-refractivity contribution >= 4 is 23.9 Å². The number of carbonyl (C=O) groups excluding carboxylic acids is 3. The van der Waals surface area contributed by atoms with Crippen LogP contribution in [0.15, 0.2) is 85.1 Å². The molecule has 0 radical (unpaired) electrons. The molecular weight excluding hydrogens is 997 g/mol. The molecule has 0 saturated carbocycles. The van der Waals surface area contributed by atoms with E-state index in [1.165, 1.54) is 96.3 Å². The maximum absolute atomic E-state index is 13.1. The fourth-order valence-electron chi connectivity index (χ4n) is 9.20. The average Bonchev–Trinajstić information content (AvgIpc) is 3.46. The number of aliphatic carboxylic acids is 1. The molecule has 0 amide bonds. The molecule has 0 aromatic heterocycles. The number of carbonyl (C=O) groups is 4. The molecule has 1 saturated heterocycles. The molecule has 1 heterocycles. The zero-order valence-corrected chi connectivity index (χ0v) is 49.8. The molecule has 12 heteroatoms. The van der Waals surface area contributed by atoms with Gasteiger partial charge < -0.3 is 39.0 Å². The summed E-state index contributed by atoms with van der Waals surface area (Å²) in [4.78, 5) is 51.2. The predicted molar refractivity (Wildman–Crippen MR) is 321 cm³/mol. The van der Waals surface area contributed by atoms with Gasteiger partial charge in [0, 0.05) is 19.3 Å². The van der Waals surface area contributed by atoms with E-state index < -0.39 is 67.3 Å². The molecule has 12 nitrogen and oxygen atoms in total. The van der Waals surface area contributed by atoms with E-state index in [0.717, 1.165) is 109 Å². The van der Waals surface area contributed by atoms with Crippen LogP contribution in [0.2, 0.25) is 0 Å². The summed E-state index contributed by atoms with van der Waals surface area (Å²) >= 11 is 0. The van der Waals surface area contributed by atoms with Gasteiger partial charge in [-0.1, -0.05) is 241 Å². The molecule has 0 bridgehead atoms. The highest BCUT2D eigenvalue weighted by molar-refractivity contribution is 5.74. The number of allylic oxidation sites excluding steroid dienone is 14. The number of aliphatic hydroxyl groups excluding tert-OH is 2. The predicted octanol–water partition coefficient (Wildman–Crippen LogP) is 16.7. The molecule has 1 aliphatic heterocycles. The van der Waals surface area contributed by atoms with Crippen molar-refractivity contribution in [3.8, 4) is 0 Å². The highest BCUT2D eigenvalue weighted by atomic mass is 16.7. The Morgan fingerprint density at radius 2 is 0.797 bits per heavy atom. The van der Waals surface area contributed by atoms with Crippen molar-refractivity contribution in [2.75, 3.05) is 13.2 Å². The summed E-state index contributed by atoms with van der Waals surface area (Å²) in [5, 5.41) is 31.5. The first-order valence-corrected chi connectivity index (χ1v) is 31.6. The minimum absolute atomic E-state index is 0.0267. The van der Waals surface area contributed by atoms with Crippen molar-refractivity contribution in [1.82, 2.24) is 0 Å². The quantitative estimate of drug-likeness (QED) is 0.0228. The Morgan fingerprint density at radius 1 is 0.430 bits per heavy atom. The van der Waals surface area contributed by atoms with Crippen molar-refractivity contribution in [1.29, 1.82) is 0 Å². The van der Waals surface area contributed by atoms with Crippen LogP contribution < -0.4 is 0 Å². The fourth-order valence-corrected chi connectivity index (χ4v) is 9.20. The first-order chi connectivity index (χ1) is 38.6. The van der Waals surface area contributed by atoms with Gasteiger partial charge in [-0.25, -0.2) is 4.79 Å². The summed E-state index contributed by atoms with van der Waals surface area (Å²) < 4.78 is 28.4. The van der Waals surface area contributed by atoms with Crippen LogP contribution in [0.3, 0.4) is 0 Å². The molecule has 0 spiro atoms. The number of rotatable bonds is 53. The van der Waals surface area contributed by atoms with Crippen molar-refractivity contribution in [2.24, 2.45) is 0 Å². The lowest BCUT2D eigenvalue weighted by molar-refractivity contribution is -0.301. The van der Waals surface area contributed by atoms with Gasteiger partial charge in [0.15, 0.2) is 24.6 Å². The lowest BCUT2D eigenvalue weighted by Crippen LogP contribution is -2.61. The summed E-state index contributed by atoms with van der Waals surface area (Å²) in [6.45, 7) is 5.75. The van der Waals surface area contributed by atoms with Crippen LogP contribution in [-0.4, -0.2) is 89.2 Å². The molecule has 3 N–H and O–H groups in total. The van der Waals surface area contributed by atoms with Gasteiger partial charge in [0.2, 0.25) is 0 Å². The Kier molecular flexibility index (Phi) is 50.3. The zero-order chi connectivity index (χ0) is 57.5. The largest absolute Gasteiger partial charge is 0.479 e. The molecule has 1 fully saturated rings. The Morgan fingerprint density at radius 3 is 1.23 bits per heavy atom. The number of hydrogen-bond donors (Lipinski definition) is 3. The molecule has 6 atom stereocenters. The third-order valence-corrected chi connectivity index (χ3v) is 14.0. The van der Waals surface area contributed by atoms with Crippen LogP contribution in [0.4, 0.5) is 0 Å². The molecule has 0 aromatic rings. The van der Waals surface area contributed by atoms with Crippen molar-refractivity contribution < 1.29 is 58.2 Å². The van der Waals surface area contributed by atoms with Gasteiger partial charge in [-0.15, -0.1) is 0 Å². The maximum atomic E-state index is 13.1. The van der Waals surface area contributed by atoms with Crippen LogP contribution in [0.25, 0.3) is 0 Å². The highest BCUT2D eigenvalue weighted by Gasteiger charge is 2.50. The molecule has 452 valence electrons. The first-order valence-electron chi connectivity index (χ1n) is 31.6. The number of ether oxygens (including phenoxy) is 5. The Labute approximate surface area is 480 Å². The SMILES string of the molecule is CC/C=C\C/C=C\C/C=C\C/C=C\CCCCCCC(=O)OC1C(OCC(COC(=O)CCCCCCCCCCCCCCCCCCCCC)OC(=O)CCCCC/C=C\C/C=C\C/C=C\CC)OC(C(=O)O)C(O)C1O. The van der Waals surface area contributed by atoms with Gasteiger partial charge in [-0.05, 0) is 89.9 Å². The number of unbranched alkanes of at least 4 members (excludes halogenated alkanes) is 25. The Bertz CT molecular complexity index is 1700. The van der Waals surface area contributed by atoms with Crippen LogP contribution in [0.1, 0.15) is 265 Å². The Hall–Kier alpha value is -4.10. The molecule has 6 unspecified atom stereocenters. The number of aliphatic hydroxyl groups is 2. The first kappa shape index (κ1) is 72.9. The van der Waals surface area contributed by atoms with Crippen LogP contribution in [0, 0.1) is 0 Å². The second kappa shape index (κ2) is 54.5. The molecule has 1 rings (SSSR count). The number of carboxylic acids is 1. The third kappa shape index (κ3) is 44.3. The normalized spacial score (nSPS) is 18.4. The molecule has 0 aliphatic carbocycles. The maximum Gasteiger partial charge on any atom is 0.335 e. The van der Waals surface area contributed by atoms with Gasteiger partial charge in [0.25, 0.3) is 0 Å². The minimum Gasteiger partial charge on any atom is -0.479 e. The van der Waals surface area contributed by atoms with Gasteiger partial charge in [-0.3, -0.25) is 14.4 Å². The van der Waals surface area contributed by atoms with Crippen LogP contribution in [0.5, 0.6) is 0 Å². The van der Waals surface area contributed by atoms with Crippen molar-refractivity contribution in [3.63, 3.8) is 0 Å². The number of hydrogen-bond acceptors (Lipinski definition) is 11. The van der Waals surface area contributed by atoms with Crippen LogP contribution >= 0.6 is 0 Å². The second-order valence-electron chi connectivity index (χ2n) is 21.3. The summed E-state index contributed by atoms with van der Waals surface area (Å²) in [6, 6.07) is 0. The van der Waals surface area contributed by atoms with E-state index in [9.17, 15) is 34.5 Å². The summed E-state index contributed by atoms with van der Waals surface area (Å²) in [5.74, 6) is -3.18. The van der Waals surface area contributed by atoms with E-state index in [1.54, 1.807) is 0 Å². The average molecular weight is 1110 g/mol. The van der Waals surface area contributed by atoms with Gasteiger partial charge in [0.1, 0.15) is 18.8 Å². The van der Waals surface area contributed by atoms with Gasteiger partial charge in [-0.2, -0.15) is 0 Å². The Balaban J connectivity index is 2.67. The van der Waals surface area contributed by atoms with E-state index in [-0.39, 0.29) is 25.9 Å². The number of esters is 3. The van der Waals surface area contributed by atoms with Gasteiger partial charge in [0.05, 0.1) is 6.61 Å². The van der Waals surface area contributed by atoms with E-state index in [1.807, 2.05) is 0 Å². The molecule has 0 aromatic carbocycles. The summed E-state index contributed by atoms with van der Waals surface area (Å²) in [7, 11) is 0. The minimum atomic E-state index is -1.92. The van der Waals surface area contributed by atoms with Crippen molar-refractivity contribution in [2.45, 2.75) is 302 Å². The fraction of sp³-hybridized carbons (Fsp3) is 0.731. The lowest BCUT2D eigenvalue weighted by Gasteiger charge is -2.40. The highest BCUT2D eigenvalue weighted by Crippen LogP contribution is 2.26. The van der Waals surface area contributed by atoms with E-state index in [2.05, 4.69) is 106 Å². The zero-order valence-electron chi connectivity index (χ0n) is 49.8. The van der Waals surface area contributed by atoms with Crippen molar-refractivity contribution in [3.05, 3.63) is 85.1 Å². The molecule has 1 aliphatic rings. The monoisotopic (exact) mass is 1110 g/mol. The van der Waals surface area contributed by atoms with E-state index >= 15 is 0 Å². The number of carboxylic acid groups (broad SMARTS) is 1. The van der Waals surface area contributed by atoms with E-state index in [0.29, 0.717) is 19.3 Å². The topological polar surface area (TPSA) is 175 Å². The summed E-state index contributed by atoms with van der Waals surface area (Å²) in [6.07, 6.45) is 58.4. The second-order valence-corrected chi connectivity index (χ2v) is 21.3. The lowest BCUT2D eigenvalue weighted by atomic mass is 9.98. The van der Waals surface area contributed by atoms with Gasteiger partial charge >= 0.3 is 23.9 Å².